The maximum absolute atomic E-state index is 11.3. The Morgan fingerprint density at radius 2 is 2.08 bits per heavy atom. The molecule has 74 valence electrons. The average molecular weight is 185 g/mol. The van der Waals surface area contributed by atoms with Crippen molar-refractivity contribution >= 4 is 11.9 Å². The van der Waals surface area contributed by atoms with E-state index in [-0.39, 0.29) is 12.5 Å². The van der Waals surface area contributed by atoms with Crippen LogP contribution in [0, 0.1) is 0 Å². The zero-order valence-electron chi connectivity index (χ0n) is 8.24. The van der Waals surface area contributed by atoms with E-state index < -0.39 is 5.97 Å². The van der Waals surface area contributed by atoms with Crippen molar-refractivity contribution in [3.05, 3.63) is 12.2 Å². The largest absolute Gasteiger partial charge is 0.468 e. The van der Waals surface area contributed by atoms with Gasteiger partial charge in [0, 0.05) is 6.54 Å². The summed E-state index contributed by atoms with van der Waals surface area (Å²) < 4.78 is 4.45. The summed E-state index contributed by atoms with van der Waals surface area (Å²) in [6.07, 6.45) is 3.06. The molecule has 0 aromatic carbocycles. The van der Waals surface area contributed by atoms with Gasteiger partial charge in [-0.2, -0.15) is 0 Å². The van der Waals surface area contributed by atoms with Gasteiger partial charge in [-0.25, -0.2) is 0 Å². The Morgan fingerprint density at radius 3 is 2.46 bits per heavy atom. The predicted octanol–water partition coefficient (Wildman–Crippen LogP) is 0.584. The number of hydrogen-bond acceptors (Lipinski definition) is 3. The molecule has 0 spiro atoms. The summed E-state index contributed by atoms with van der Waals surface area (Å²) in [5.41, 5.74) is 0. The van der Waals surface area contributed by atoms with Gasteiger partial charge in [-0.3, -0.25) is 9.59 Å². The van der Waals surface area contributed by atoms with Crippen LogP contribution in [0.5, 0.6) is 0 Å². The Labute approximate surface area is 78.2 Å². The number of esters is 1. The van der Waals surface area contributed by atoms with Crippen LogP contribution in [0.15, 0.2) is 12.2 Å². The van der Waals surface area contributed by atoms with Crippen molar-refractivity contribution in [3.8, 4) is 0 Å². The molecule has 0 aliphatic heterocycles. The van der Waals surface area contributed by atoms with Crippen LogP contribution in [-0.2, 0) is 14.3 Å². The van der Waals surface area contributed by atoms with Crippen molar-refractivity contribution in [2.24, 2.45) is 0 Å². The van der Waals surface area contributed by atoms with Crippen LogP contribution in [0.25, 0.3) is 0 Å². The summed E-state index contributed by atoms with van der Waals surface area (Å²) in [4.78, 5) is 23.5. The quantitative estimate of drug-likeness (QED) is 0.475. The van der Waals surface area contributed by atoms with Crippen LogP contribution >= 0.6 is 0 Å². The van der Waals surface area contributed by atoms with E-state index in [9.17, 15) is 9.59 Å². The van der Waals surface area contributed by atoms with Crippen molar-refractivity contribution in [2.45, 2.75) is 13.8 Å². The van der Waals surface area contributed by atoms with E-state index in [4.69, 9.17) is 0 Å². The van der Waals surface area contributed by atoms with Gasteiger partial charge in [0.25, 0.3) is 0 Å². The highest BCUT2D eigenvalue weighted by Crippen LogP contribution is 1.92. The first-order valence-electron chi connectivity index (χ1n) is 4.14. The maximum Gasteiger partial charge on any atom is 0.325 e. The molecule has 13 heavy (non-hydrogen) atoms. The highest BCUT2D eigenvalue weighted by Gasteiger charge is 2.12. The molecule has 0 unspecified atom stereocenters. The van der Waals surface area contributed by atoms with Gasteiger partial charge in [0.1, 0.15) is 6.54 Å². The second-order valence-electron chi connectivity index (χ2n) is 2.43. The Kier molecular flexibility index (Phi) is 5.59. The topological polar surface area (TPSA) is 46.6 Å². The fourth-order valence-corrected chi connectivity index (χ4v) is 0.814. The van der Waals surface area contributed by atoms with E-state index in [1.165, 1.54) is 18.1 Å². The van der Waals surface area contributed by atoms with Gasteiger partial charge < -0.3 is 9.64 Å². The number of likely N-dealkylation sites (N-methyl/N-ethyl adjacent to an activating group) is 1. The van der Waals surface area contributed by atoms with Gasteiger partial charge in [0.2, 0.25) is 5.91 Å². The maximum atomic E-state index is 11.3. The van der Waals surface area contributed by atoms with E-state index in [0.717, 1.165) is 0 Å². The van der Waals surface area contributed by atoms with Crippen molar-refractivity contribution in [1.29, 1.82) is 0 Å². The van der Waals surface area contributed by atoms with E-state index in [1.54, 1.807) is 13.0 Å². The van der Waals surface area contributed by atoms with Gasteiger partial charge in [-0.1, -0.05) is 6.08 Å². The molecule has 0 bridgehead atoms. The number of rotatable bonds is 4. The number of nitrogens with zero attached hydrogens (tertiary/aromatic N) is 1. The van der Waals surface area contributed by atoms with E-state index in [0.29, 0.717) is 6.54 Å². The molecule has 0 saturated carbocycles. The van der Waals surface area contributed by atoms with Gasteiger partial charge in [0.15, 0.2) is 0 Å². The van der Waals surface area contributed by atoms with Crippen LogP contribution in [0.1, 0.15) is 13.8 Å². The lowest BCUT2D eigenvalue weighted by Crippen LogP contribution is -2.34. The second kappa shape index (κ2) is 6.22. The first-order chi connectivity index (χ1) is 6.15. The summed E-state index contributed by atoms with van der Waals surface area (Å²) in [7, 11) is 1.30. The zero-order chi connectivity index (χ0) is 10.3. The minimum absolute atomic E-state index is 0.0101. The highest BCUT2D eigenvalue weighted by atomic mass is 16.5. The first-order valence-corrected chi connectivity index (χ1v) is 4.14. The Morgan fingerprint density at radius 1 is 1.46 bits per heavy atom. The molecule has 4 heteroatoms. The molecule has 0 fully saturated rings. The molecule has 0 heterocycles. The van der Waals surface area contributed by atoms with Crippen LogP contribution in [0.4, 0.5) is 0 Å². The molecule has 4 nitrogen and oxygen atoms in total. The number of carbonyl (C=O) groups is 2. The molecule has 0 aliphatic rings. The lowest BCUT2D eigenvalue weighted by molar-refractivity contribution is -0.145. The van der Waals surface area contributed by atoms with Gasteiger partial charge in [0.05, 0.1) is 7.11 Å². The number of hydrogen-bond donors (Lipinski definition) is 0. The fraction of sp³-hybridized carbons (Fsp3) is 0.556. The minimum Gasteiger partial charge on any atom is -0.468 e. The molecule has 0 rings (SSSR count). The molecule has 0 aromatic rings. The number of methoxy groups -OCH3 is 1. The minimum atomic E-state index is -0.403. The van der Waals surface area contributed by atoms with Gasteiger partial charge >= 0.3 is 5.97 Å². The molecule has 0 aliphatic carbocycles. The van der Waals surface area contributed by atoms with Gasteiger partial charge in [-0.05, 0) is 19.9 Å². The van der Waals surface area contributed by atoms with Crippen molar-refractivity contribution < 1.29 is 14.3 Å². The highest BCUT2D eigenvalue weighted by molar-refractivity contribution is 5.90. The number of amides is 1. The molecular formula is C9H15NO3. The third-order valence-corrected chi connectivity index (χ3v) is 1.55. The van der Waals surface area contributed by atoms with Crippen molar-refractivity contribution in [1.82, 2.24) is 4.90 Å². The first kappa shape index (κ1) is 11.7. The summed E-state index contributed by atoms with van der Waals surface area (Å²) in [5, 5.41) is 0. The summed E-state index contributed by atoms with van der Waals surface area (Å²) in [5.74, 6) is -0.574. The van der Waals surface area contributed by atoms with E-state index in [1.807, 2.05) is 6.92 Å². The number of ether oxygens (including phenoxy) is 1. The van der Waals surface area contributed by atoms with E-state index >= 15 is 0 Å². The molecule has 0 N–H and O–H groups in total. The van der Waals surface area contributed by atoms with Crippen molar-refractivity contribution in [2.75, 3.05) is 20.2 Å². The van der Waals surface area contributed by atoms with E-state index in [2.05, 4.69) is 4.74 Å². The molecule has 0 saturated heterocycles. The summed E-state index contributed by atoms with van der Waals surface area (Å²) in [6, 6.07) is 0. The summed E-state index contributed by atoms with van der Waals surface area (Å²) in [6.45, 7) is 4.07. The third-order valence-electron chi connectivity index (χ3n) is 1.55. The van der Waals surface area contributed by atoms with Crippen LogP contribution < -0.4 is 0 Å². The predicted molar refractivity (Wildman–Crippen MR) is 49.1 cm³/mol. The molecule has 0 aromatic heterocycles. The number of carbonyl (C=O) groups excluding carboxylic acids is 2. The Balaban J connectivity index is 4.17. The lowest BCUT2D eigenvalue weighted by atomic mass is 10.4. The average Bonchev–Trinajstić information content (AvgIpc) is 2.14. The standard InChI is InChI=1S/C9H15NO3/c1-4-6-8(11)10(5-2)7-9(12)13-3/h4,6H,5,7H2,1-3H3. The van der Waals surface area contributed by atoms with Gasteiger partial charge in [-0.15, -0.1) is 0 Å². The smallest absolute Gasteiger partial charge is 0.325 e. The Bertz CT molecular complexity index is 211. The van der Waals surface area contributed by atoms with Crippen LogP contribution in [0.3, 0.4) is 0 Å². The van der Waals surface area contributed by atoms with Crippen molar-refractivity contribution in [3.63, 3.8) is 0 Å². The normalized spacial score (nSPS) is 10.1. The summed E-state index contributed by atoms with van der Waals surface area (Å²) >= 11 is 0. The Hall–Kier alpha value is -1.32. The fourth-order valence-electron chi connectivity index (χ4n) is 0.814. The molecular weight excluding hydrogens is 170 g/mol. The third kappa shape index (κ3) is 4.30. The van der Waals surface area contributed by atoms with Crippen LogP contribution in [-0.4, -0.2) is 37.0 Å². The molecule has 1 amide bonds. The van der Waals surface area contributed by atoms with Crippen LogP contribution in [0.2, 0.25) is 0 Å². The zero-order valence-corrected chi connectivity index (χ0v) is 8.24. The second-order valence-corrected chi connectivity index (χ2v) is 2.43. The lowest BCUT2D eigenvalue weighted by Gasteiger charge is -2.16. The SMILES string of the molecule is CC=CC(=O)N(CC)CC(=O)OC. The molecule has 0 atom stereocenters. The number of allylic oxidation sites excluding steroid dienone is 1. The molecule has 0 radical (unpaired) electrons. The monoisotopic (exact) mass is 185 g/mol.